The van der Waals surface area contributed by atoms with Crippen LogP contribution < -0.4 is 5.73 Å². The molecule has 5 heteroatoms. The molecular weight excluding hydrogens is 184 g/mol. The Bertz CT molecular complexity index is 214. The van der Waals surface area contributed by atoms with E-state index in [1.165, 1.54) is 0 Å². The van der Waals surface area contributed by atoms with Gasteiger partial charge in [0.2, 0.25) is 0 Å². The van der Waals surface area contributed by atoms with E-state index in [4.69, 9.17) is 5.73 Å². The Morgan fingerprint density at radius 2 is 1.93 bits per heavy atom. The van der Waals surface area contributed by atoms with Crippen molar-refractivity contribution in [2.75, 3.05) is 13.1 Å². The van der Waals surface area contributed by atoms with Gasteiger partial charge in [-0.1, -0.05) is 0 Å². The Morgan fingerprint density at radius 3 is 2.57 bits per heavy atom. The van der Waals surface area contributed by atoms with E-state index in [-0.39, 0.29) is 12.1 Å². The molecule has 2 rings (SSSR count). The molecule has 0 spiro atoms. The molecule has 82 valence electrons. The molecule has 2 aliphatic rings. The van der Waals surface area contributed by atoms with Gasteiger partial charge in [-0.3, -0.25) is 4.90 Å². The summed E-state index contributed by atoms with van der Waals surface area (Å²) >= 11 is 0. The number of hydrogen-bond acceptors (Lipinski definition) is 5. The van der Waals surface area contributed by atoms with Crippen LogP contribution in [-0.4, -0.2) is 63.7 Å². The third-order valence-corrected chi connectivity index (χ3v) is 3.45. The maximum Gasteiger partial charge on any atom is 0.0995 e. The maximum absolute atomic E-state index is 9.76. The molecule has 0 amide bonds. The van der Waals surface area contributed by atoms with Crippen molar-refractivity contribution < 1.29 is 15.3 Å². The molecule has 5 atom stereocenters. The third kappa shape index (κ3) is 1.36. The number of fused-ring (bicyclic) bond motifs is 1. The van der Waals surface area contributed by atoms with Gasteiger partial charge in [0.1, 0.15) is 0 Å². The second kappa shape index (κ2) is 3.75. The normalized spacial score (nSPS) is 49.3. The number of aliphatic hydroxyl groups excluding tert-OH is 3. The second-order valence-electron chi connectivity index (χ2n) is 4.22. The molecule has 0 bridgehead atoms. The first-order valence-electron chi connectivity index (χ1n) is 5.17. The smallest absolute Gasteiger partial charge is 0.0995 e. The number of nitrogens with zero attached hydrogens (tertiary/aromatic N) is 1. The molecule has 14 heavy (non-hydrogen) atoms. The molecule has 0 aromatic carbocycles. The average molecular weight is 202 g/mol. The summed E-state index contributed by atoms with van der Waals surface area (Å²) in [5.74, 6) is 0. The van der Waals surface area contributed by atoms with E-state index < -0.39 is 18.3 Å². The summed E-state index contributed by atoms with van der Waals surface area (Å²) < 4.78 is 0. The van der Waals surface area contributed by atoms with Crippen molar-refractivity contribution in [3.05, 3.63) is 0 Å². The van der Waals surface area contributed by atoms with Gasteiger partial charge in [0.15, 0.2) is 0 Å². The maximum atomic E-state index is 9.76. The minimum atomic E-state index is -0.862. The zero-order chi connectivity index (χ0) is 10.3. The molecule has 0 aromatic rings. The molecule has 5 nitrogen and oxygen atoms in total. The minimum Gasteiger partial charge on any atom is -0.391 e. The Kier molecular flexibility index (Phi) is 2.77. The summed E-state index contributed by atoms with van der Waals surface area (Å²) in [4.78, 5) is 1.95. The Labute approximate surface area is 83.1 Å². The van der Waals surface area contributed by atoms with Crippen LogP contribution in [0.25, 0.3) is 0 Å². The first-order valence-corrected chi connectivity index (χ1v) is 5.17. The predicted octanol–water partition coefficient (Wildman–Crippen LogP) is -2.13. The third-order valence-electron chi connectivity index (χ3n) is 3.45. The number of hydrogen-bond donors (Lipinski definition) is 4. The van der Waals surface area contributed by atoms with Gasteiger partial charge < -0.3 is 21.1 Å². The lowest BCUT2D eigenvalue weighted by Crippen LogP contribution is -2.51. The van der Waals surface area contributed by atoms with Gasteiger partial charge in [-0.05, 0) is 19.4 Å². The molecule has 2 heterocycles. The molecule has 5 N–H and O–H groups in total. The summed E-state index contributed by atoms with van der Waals surface area (Å²) in [7, 11) is 0. The number of aliphatic hydroxyl groups is 3. The van der Waals surface area contributed by atoms with Crippen molar-refractivity contribution in [3.8, 4) is 0 Å². The van der Waals surface area contributed by atoms with Gasteiger partial charge in [-0.15, -0.1) is 0 Å². The van der Waals surface area contributed by atoms with Crippen molar-refractivity contribution >= 4 is 0 Å². The largest absolute Gasteiger partial charge is 0.391 e. The minimum absolute atomic E-state index is 0.204. The fourth-order valence-corrected chi connectivity index (χ4v) is 2.74. The van der Waals surface area contributed by atoms with Crippen LogP contribution in [0.5, 0.6) is 0 Å². The Morgan fingerprint density at radius 1 is 1.21 bits per heavy atom. The van der Waals surface area contributed by atoms with Crippen LogP contribution in [0.15, 0.2) is 0 Å². The molecule has 0 saturated carbocycles. The molecule has 0 aliphatic carbocycles. The van der Waals surface area contributed by atoms with E-state index in [1.807, 2.05) is 4.90 Å². The lowest BCUT2D eigenvalue weighted by molar-refractivity contribution is -0.0290. The zero-order valence-corrected chi connectivity index (χ0v) is 8.08. The fourth-order valence-electron chi connectivity index (χ4n) is 2.74. The number of nitrogens with two attached hydrogens (primary N) is 1. The van der Waals surface area contributed by atoms with E-state index >= 15 is 0 Å². The SMILES string of the molecule is NC[C@@H]1[C@@H](O)[C@@H](O)[C@H]2[C@H](O)CCCN21. The highest BCUT2D eigenvalue weighted by molar-refractivity contribution is 5.05. The molecule has 2 saturated heterocycles. The monoisotopic (exact) mass is 202 g/mol. The van der Waals surface area contributed by atoms with E-state index in [1.54, 1.807) is 0 Å². The van der Waals surface area contributed by atoms with Crippen molar-refractivity contribution in [2.45, 2.75) is 43.2 Å². The Balaban J connectivity index is 2.19. The van der Waals surface area contributed by atoms with Crippen LogP contribution in [-0.2, 0) is 0 Å². The summed E-state index contributed by atoms with van der Waals surface area (Å²) in [6.45, 7) is 1.12. The van der Waals surface area contributed by atoms with E-state index in [9.17, 15) is 15.3 Å². The summed E-state index contributed by atoms with van der Waals surface area (Å²) in [5.41, 5.74) is 5.54. The highest BCUT2D eigenvalue weighted by atomic mass is 16.3. The molecule has 0 radical (unpaired) electrons. The standard InChI is InChI=1S/C9H18N2O3/c10-4-5-8(13)9(14)7-6(12)2-1-3-11(5)7/h5-9,12-14H,1-4,10H2/t5-,6-,7-,8-,9+/m1/s1. The molecule has 2 aliphatic heterocycles. The molecule has 0 aromatic heterocycles. The molecule has 0 unspecified atom stereocenters. The fraction of sp³-hybridized carbons (Fsp3) is 1.00. The van der Waals surface area contributed by atoms with Crippen LogP contribution in [0.1, 0.15) is 12.8 Å². The highest BCUT2D eigenvalue weighted by Crippen LogP contribution is 2.31. The van der Waals surface area contributed by atoms with Gasteiger partial charge in [0.05, 0.1) is 30.4 Å². The highest BCUT2D eigenvalue weighted by Gasteiger charge is 2.50. The topological polar surface area (TPSA) is 90.0 Å². The van der Waals surface area contributed by atoms with Crippen molar-refractivity contribution in [3.63, 3.8) is 0 Å². The van der Waals surface area contributed by atoms with Gasteiger partial charge in [0, 0.05) is 6.54 Å². The first-order chi connectivity index (χ1) is 6.66. The van der Waals surface area contributed by atoms with Crippen LogP contribution in [0.2, 0.25) is 0 Å². The zero-order valence-electron chi connectivity index (χ0n) is 8.08. The lowest BCUT2D eigenvalue weighted by atomic mass is 9.97. The van der Waals surface area contributed by atoms with Gasteiger partial charge in [-0.2, -0.15) is 0 Å². The predicted molar refractivity (Wildman–Crippen MR) is 50.6 cm³/mol. The van der Waals surface area contributed by atoms with Gasteiger partial charge >= 0.3 is 0 Å². The lowest BCUT2D eigenvalue weighted by Gasteiger charge is -2.37. The molecular formula is C9H18N2O3. The summed E-state index contributed by atoms with van der Waals surface area (Å²) in [5, 5.41) is 29.2. The van der Waals surface area contributed by atoms with Crippen LogP contribution in [0, 0.1) is 0 Å². The van der Waals surface area contributed by atoms with Crippen molar-refractivity contribution in [1.29, 1.82) is 0 Å². The van der Waals surface area contributed by atoms with Crippen LogP contribution in [0.3, 0.4) is 0 Å². The number of piperidine rings is 1. The number of rotatable bonds is 1. The molecule has 2 fully saturated rings. The summed E-state index contributed by atoms with van der Waals surface area (Å²) in [6, 6.07) is -0.530. The summed E-state index contributed by atoms with van der Waals surface area (Å²) in [6.07, 6.45) is -0.628. The average Bonchev–Trinajstić information content (AvgIpc) is 2.41. The van der Waals surface area contributed by atoms with E-state index in [0.717, 1.165) is 13.0 Å². The van der Waals surface area contributed by atoms with E-state index in [2.05, 4.69) is 0 Å². The van der Waals surface area contributed by atoms with Gasteiger partial charge in [-0.25, -0.2) is 0 Å². The van der Waals surface area contributed by atoms with Crippen LogP contribution in [0.4, 0.5) is 0 Å². The quantitative estimate of drug-likeness (QED) is 0.390. The van der Waals surface area contributed by atoms with Crippen LogP contribution >= 0.6 is 0 Å². The Hall–Kier alpha value is -0.200. The van der Waals surface area contributed by atoms with Gasteiger partial charge in [0.25, 0.3) is 0 Å². The first kappa shape index (κ1) is 10.3. The van der Waals surface area contributed by atoms with Crippen molar-refractivity contribution in [1.82, 2.24) is 4.90 Å². The van der Waals surface area contributed by atoms with E-state index in [0.29, 0.717) is 13.0 Å². The van der Waals surface area contributed by atoms with Crippen molar-refractivity contribution in [2.24, 2.45) is 5.73 Å². The second-order valence-corrected chi connectivity index (χ2v) is 4.22.